The van der Waals surface area contributed by atoms with Crippen molar-refractivity contribution in [3.05, 3.63) is 101 Å². The summed E-state index contributed by atoms with van der Waals surface area (Å²) in [6.45, 7) is 2.42. The Bertz CT molecular complexity index is 1020. The minimum atomic E-state index is -0.443. The van der Waals surface area contributed by atoms with E-state index in [-0.39, 0.29) is 5.57 Å². The van der Waals surface area contributed by atoms with E-state index in [4.69, 9.17) is 4.74 Å². The number of ether oxygens (including phenoxy) is 1. The Labute approximate surface area is 164 Å². The average Bonchev–Trinajstić information content (AvgIpc) is 2.73. The summed E-state index contributed by atoms with van der Waals surface area (Å²) in [5, 5.41) is 12.1. The van der Waals surface area contributed by atoms with Crippen molar-refractivity contribution in [2.45, 2.75) is 13.5 Å². The summed E-state index contributed by atoms with van der Waals surface area (Å²) in [6, 6.07) is 26.6. The monoisotopic (exact) mass is 368 g/mol. The Kier molecular flexibility index (Phi) is 6.22. The van der Waals surface area contributed by atoms with Crippen molar-refractivity contribution < 1.29 is 9.53 Å². The van der Waals surface area contributed by atoms with Crippen molar-refractivity contribution in [1.29, 1.82) is 5.26 Å². The van der Waals surface area contributed by atoms with E-state index in [0.29, 0.717) is 18.0 Å². The molecule has 0 aromatic heterocycles. The lowest BCUT2D eigenvalue weighted by molar-refractivity contribution is -0.112. The molecule has 0 atom stereocenters. The topological polar surface area (TPSA) is 62.1 Å². The lowest BCUT2D eigenvalue weighted by atomic mass is 10.1. The molecule has 0 aliphatic rings. The number of benzene rings is 3. The zero-order valence-corrected chi connectivity index (χ0v) is 15.6. The molecule has 3 aromatic rings. The van der Waals surface area contributed by atoms with Gasteiger partial charge in [-0.05, 0) is 48.4 Å². The Morgan fingerprint density at radius 1 is 1.04 bits per heavy atom. The molecule has 3 rings (SSSR count). The third-order valence-electron chi connectivity index (χ3n) is 4.09. The SMILES string of the molecule is Cc1ccc(NC(=O)/C(C#N)=C/c2cccc(OCc3ccccc3)c2)cc1. The number of nitrogens with zero attached hydrogens (tertiary/aromatic N) is 1. The minimum Gasteiger partial charge on any atom is -0.489 e. The predicted molar refractivity (Wildman–Crippen MR) is 111 cm³/mol. The highest BCUT2D eigenvalue weighted by Crippen LogP contribution is 2.18. The highest BCUT2D eigenvalue weighted by atomic mass is 16.5. The van der Waals surface area contributed by atoms with Crippen LogP contribution in [-0.2, 0) is 11.4 Å². The van der Waals surface area contributed by atoms with E-state index in [1.54, 1.807) is 24.3 Å². The van der Waals surface area contributed by atoms with Crippen molar-refractivity contribution in [3.63, 3.8) is 0 Å². The second-order valence-corrected chi connectivity index (χ2v) is 6.34. The summed E-state index contributed by atoms with van der Waals surface area (Å²) < 4.78 is 5.80. The summed E-state index contributed by atoms with van der Waals surface area (Å²) >= 11 is 0. The van der Waals surface area contributed by atoms with E-state index in [0.717, 1.165) is 16.7 Å². The number of aryl methyl sites for hydroxylation is 1. The smallest absolute Gasteiger partial charge is 0.266 e. The molecule has 3 aromatic carbocycles. The number of carbonyl (C=O) groups excluding carboxylic acids is 1. The maximum Gasteiger partial charge on any atom is 0.266 e. The molecule has 138 valence electrons. The van der Waals surface area contributed by atoms with Gasteiger partial charge in [0.1, 0.15) is 24.0 Å². The maximum atomic E-state index is 12.4. The fourth-order valence-electron chi connectivity index (χ4n) is 2.59. The van der Waals surface area contributed by atoms with Crippen molar-refractivity contribution in [2.24, 2.45) is 0 Å². The Morgan fingerprint density at radius 3 is 2.50 bits per heavy atom. The molecule has 1 N–H and O–H groups in total. The number of nitriles is 1. The van der Waals surface area contributed by atoms with E-state index in [9.17, 15) is 10.1 Å². The van der Waals surface area contributed by atoms with Gasteiger partial charge in [0, 0.05) is 5.69 Å². The lowest BCUT2D eigenvalue weighted by Crippen LogP contribution is -2.13. The number of nitrogens with one attached hydrogen (secondary N) is 1. The first-order valence-corrected chi connectivity index (χ1v) is 8.90. The number of hydrogen-bond donors (Lipinski definition) is 1. The van der Waals surface area contributed by atoms with Crippen LogP contribution in [0.4, 0.5) is 5.69 Å². The Balaban J connectivity index is 1.70. The molecule has 0 aliphatic carbocycles. The normalized spacial score (nSPS) is 10.8. The molecule has 4 nitrogen and oxygen atoms in total. The van der Waals surface area contributed by atoms with Gasteiger partial charge < -0.3 is 10.1 Å². The first-order valence-electron chi connectivity index (χ1n) is 8.90. The first kappa shape index (κ1) is 18.9. The van der Waals surface area contributed by atoms with Crippen LogP contribution < -0.4 is 10.1 Å². The summed E-state index contributed by atoms with van der Waals surface area (Å²) in [7, 11) is 0. The first-order chi connectivity index (χ1) is 13.6. The highest BCUT2D eigenvalue weighted by Gasteiger charge is 2.10. The standard InChI is InChI=1S/C24H20N2O2/c1-18-10-12-22(13-11-18)26-24(27)21(16-25)14-20-8-5-9-23(15-20)28-17-19-6-3-2-4-7-19/h2-15H,17H2,1H3,(H,26,27)/b21-14+. The largest absolute Gasteiger partial charge is 0.489 e. The molecule has 0 unspecified atom stereocenters. The number of hydrogen-bond acceptors (Lipinski definition) is 3. The molecule has 0 aliphatic heterocycles. The fraction of sp³-hybridized carbons (Fsp3) is 0.0833. The van der Waals surface area contributed by atoms with Crippen LogP contribution in [0.3, 0.4) is 0 Å². The molecule has 4 heteroatoms. The van der Waals surface area contributed by atoms with Gasteiger partial charge >= 0.3 is 0 Å². The Hall–Kier alpha value is -3.84. The Morgan fingerprint density at radius 2 is 1.79 bits per heavy atom. The molecule has 28 heavy (non-hydrogen) atoms. The zero-order chi connectivity index (χ0) is 19.8. The van der Waals surface area contributed by atoms with Gasteiger partial charge in [0.2, 0.25) is 0 Å². The predicted octanol–water partition coefficient (Wildman–Crippen LogP) is 5.12. The van der Waals surface area contributed by atoms with Crippen LogP contribution in [0, 0.1) is 18.3 Å². The molecular formula is C24H20N2O2. The van der Waals surface area contributed by atoms with Crippen molar-refractivity contribution in [1.82, 2.24) is 0 Å². The van der Waals surface area contributed by atoms with Crippen LogP contribution in [-0.4, -0.2) is 5.91 Å². The van der Waals surface area contributed by atoms with Gasteiger partial charge in [0.05, 0.1) is 0 Å². The maximum absolute atomic E-state index is 12.4. The number of carbonyl (C=O) groups is 1. The molecule has 0 saturated heterocycles. The van der Waals surface area contributed by atoms with Gasteiger partial charge in [-0.2, -0.15) is 5.26 Å². The van der Waals surface area contributed by atoms with Crippen LogP contribution in [0.1, 0.15) is 16.7 Å². The zero-order valence-electron chi connectivity index (χ0n) is 15.6. The molecule has 0 radical (unpaired) electrons. The summed E-state index contributed by atoms with van der Waals surface area (Å²) in [6.07, 6.45) is 1.55. The van der Waals surface area contributed by atoms with Crippen LogP contribution in [0.5, 0.6) is 5.75 Å². The van der Waals surface area contributed by atoms with Gasteiger partial charge in [-0.15, -0.1) is 0 Å². The third-order valence-corrected chi connectivity index (χ3v) is 4.09. The van der Waals surface area contributed by atoms with Crippen LogP contribution in [0.2, 0.25) is 0 Å². The van der Waals surface area contributed by atoms with E-state index in [2.05, 4.69) is 5.32 Å². The third kappa shape index (κ3) is 5.33. The van der Waals surface area contributed by atoms with Crippen molar-refractivity contribution in [3.8, 4) is 11.8 Å². The number of amides is 1. The van der Waals surface area contributed by atoms with Crippen LogP contribution in [0.25, 0.3) is 6.08 Å². The van der Waals surface area contributed by atoms with Crippen molar-refractivity contribution >= 4 is 17.7 Å². The molecule has 0 saturated carbocycles. The second kappa shape index (κ2) is 9.20. The van der Waals surface area contributed by atoms with Crippen LogP contribution >= 0.6 is 0 Å². The molecular weight excluding hydrogens is 348 g/mol. The quantitative estimate of drug-likeness (QED) is 0.485. The number of anilines is 1. The summed E-state index contributed by atoms with van der Waals surface area (Å²) in [5.74, 6) is 0.232. The highest BCUT2D eigenvalue weighted by molar-refractivity contribution is 6.09. The van der Waals surface area contributed by atoms with E-state index >= 15 is 0 Å². The molecule has 0 heterocycles. The summed E-state index contributed by atoms with van der Waals surface area (Å²) in [4.78, 5) is 12.4. The minimum absolute atomic E-state index is 0.0285. The van der Waals surface area contributed by atoms with E-state index in [1.165, 1.54) is 0 Å². The van der Waals surface area contributed by atoms with Gasteiger partial charge in [-0.1, -0.05) is 60.2 Å². The molecule has 1 amide bonds. The van der Waals surface area contributed by atoms with Gasteiger partial charge in [0.25, 0.3) is 5.91 Å². The van der Waals surface area contributed by atoms with Gasteiger partial charge in [-0.25, -0.2) is 0 Å². The number of rotatable bonds is 6. The summed E-state index contributed by atoms with van der Waals surface area (Å²) in [5.41, 5.74) is 3.57. The average molecular weight is 368 g/mol. The molecule has 0 bridgehead atoms. The molecule has 0 spiro atoms. The van der Waals surface area contributed by atoms with Gasteiger partial charge in [0.15, 0.2) is 0 Å². The molecule has 0 fully saturated rings. The van der Waals surface area contributed by atoms with Crippen LogP contribution in [0.15, 0.2) is 84.4 Å². The van der Waals surface area contributed by atoms with E-state index < -0.39 is 5.91 Å². The van der Waals surface area contributed by atoms with Crippen molar-refractivity contribution in [2.75, 3.05) is 5.32 Å². The second-order valence-electron chi connectivity index (χ2n) is 6.34. The fourth-order valence-corrected chi connectivity index (χ4v) is 2.59. The van der Waals surface area contributed by atoms with E-state index in [1.807, 2.05) is 73.7 Å². The lowest BCUT2D eigenvalue weighted by Gasteiger charge is -2.07. The van der Waals surface area contributed by atoms with Gasteiger partial charge in [-0.3, -0.25) is 4.79 Å².